The van der Waals surface area contributed by atoms with E-state index in [1.54, 1.807) is 0 Å². The van der Waals surface area contributed by atoms with Crippen molar-refractivity contribution in [2.75, 3.05) is 0 Å². The maximum Gasteiger partial charge on any atom is 0.131 e. The molecule has 3 heteroatoms. The second kappa shape index (κ2) is 4.91. The molecule has 0 saturated heterocycles. The van der Waals surface area contributed by atoms with E-state index in [0.29, 0.717) is 5.92 Å². The predicted molar refractivity (Wildman–Crippen MR) is 65.3 cm³/mol. The summed E-state index contributed by atoms with van der Waals surface area (Å²) in [6.07, 6.45) is 3.34. The third kappa shape index (κ3) is 2.09. The molecule has 1 aliphatic heterocycles. The summed E-state index contributed by atoms with van der Waals surface area (Å²) in [5.74, 6) is 1.51. The number of aromatic nitrogens is 2. The summed E-state index contributed by atoms with van der Waals surface area (Å²) in [5.41, 5.74) is 3.86. The molecule has 2 rings (SSSR count). The Labute approximate surface area is 97.7 Å². The second-order valence-electron chi connectivity index (χ2n) is 4.62. The van der Waals surface area contributed by atoms with Crippen LogP contribution in [0.1, 0.15) is 62.3 Å². The SMILES string of the molecule is CCCc1nc(C(C)CC)nc2c1CNC2. The first-order chi connectivity index (χ1) is 7.76. The summed E-state index contributed by atoms with van der Waals surface area (Å²) < 4.78 is 0. The molecule has 0 saturated carbocycles. The van der Waals surface area contributed by atoms with E-state index in [9.17, 15) is 0 Å². The van der Waals surface area contributed by atoms with Gasteiger partial charge in [-0.2, -0.15) is 0 Å². The van der Waals surface area contributed by atoms with Crippen molar-refractivity contribution in [1.82, 2.24) is 15.3 Å². The van der Waals surface area contributed by atoms with Crippen molar-refractivity contribution in [2.24, 2.45) is 0 Å². The van der Waals surface area contributed by atoms with Crippen molar-refractivity contribution in [3.63, 3.8) is 0 Å². The van der Waals surface area contributed by atoms with E-state index in [1.807, 2.05) is 0 Å². The zero-order valence-corrected chi connectivity index (χ0v) is 10.5. The first-order valence-corrected chi connectivity index (χ1v) is 6.35. The van der Waals surface area contributed by atoms with Crippen LogP contribution in [0.15, 0.2) is 0 Å². The minimum absolute atomic E-state index is 0.474. The minimum atomic E-state index is 0.474. The van der Waals surface area contributed by atoms with Crippen LogP contribution in [0, 0.1) is 0 Å². The third-order valence-corrected chi connectivity index (χ3v) is 3.33. The lowest BCUT2D eigenvalue weighted by Gasteiger charge is -2.12. The zero-order chi connectivity index (χ0) is 11.5. The molecule has 1 N–H and O–H groups in total. The van der Waals surface area contributed by atoms with Crippen molar-refractivity contribution in [2.45, 2.75) is 59.0 Å². The van der Waals surface area contributed by atoms with Gasteiger partial charge in [0.25, 0.3) is 0 Å². The van der Waals surface area contributed by atoms with Gasteiger partial charge >= 0.3 is 0 Å². The molecule has 0 spiro atoms. The Kier molecular flexibility index (Phi) is 3.54. The van der Waals surface area contributed by atoms with Crippen molar-refractivity contribution in [1.29, 1.82) is 0 Å². The summed E-state index contributed by atoms with van der Waals surface area (Å²) in [6, 6.07) is 0. The normalized spacial score (nSPS) is 16.2. The molecule has 88 valence electrons. The maximum absolute atomic E-state index is 4.75. The van der Waals surface area contributed by atoms with E-state index >= 15 is 0 Å². The fraction of sp³-hybridized carbons (Fsp3) is 0.692. The number of aryl methyl sites for hydroxylation is 1. The van der Waals surface area contributed by atoms with Gasteiger partial charge in [-0.3, -0.25) is 0 Å². The number of fused-ring (bicyclic) bond motifs is 1. The van der Waals surface area contributed by atoms with Gasteiger partial charge in [0.05, 0.1) is 5.69 Å². The summed E-state index contributed by atoms with van der Waals surface area (Å²) in [6.45, 7) is 8.47. The van der Waals surface area contributed by atoms with E-state index in [0.717, 1.165) is 38.2 Å². The number of hydrogen-bond acceptors (Lipinski definition) is 3. The molecule has 2 heterocycles. The Morgan fingerprint density at radius 2 is 2.06 bits per heavy atom. The van der Waals surface area contributed by atoms with Crippen LogP contribution >= 0.6 is 0 Å². The van der Waals surface area contributed by atoms with Gasteiger partial charge in [-0.1, -0.05) is 27.2 Å². The lowest BCUT2D eigenvalue weighted by atomic mass is 10.1. The Morgan fingerprint density at radius 3 is 2.75 bits per heavy atom. The number of nitrogens with one attached hydrogen (secondary N) is 1. The molecule has 0 aromatic carbocycles. The second-order valence-corrected chi connectivity index (χ2v) is 4.62. The van der Waals surface area contributed by atoms with Crippen LogP contribution in [-0.4, -0.2) is 9.97 Å². The van der Waals surface area contributed by atoms with Crippen LogP contribution in [0.3, 0.4) is 0 Å². The zero-order valence-electron chi connectivity index (χ0n) is 10.5. The minimum Gasteiger partial charge on any atom is -0.307 e. The number of hydrogen-bond donors (Lipinski definition) is 1. The van der Waals surface area contributed by atoms with Crippen molar-refractivity contribution in [3.8, 4) is 0 Å². The van der Waals surface area contributed by atoms with Gasteiger partial charge < -0.3 is 5.32 Å². The van der Waals surface area contributed by atoms with Gasteiger partial charge in [0.2, 0.25) is 0 Å². The van der Waals surface area contributed by atoms with Crippen LogP contribution in [-0.2, 0) is 19.5 Å². The third-order valence-electron chi connectivity index (χ3n) is 3.33. The molecule has 1 atom stereocenters. The van der Waals surface area contributed by atoms with Gasteiger partial charge in [-0.05, 0) is 12.8 Å². The number of rotatable bonds is 4. The Bertz CT molecular complexity index is 374. The van der Waals surface area contributed by atoms with E-state index < -0.39 is 0 Å². The quantitative estimate of drug-likeness (QED) is 0.845. The van der Waals surface area contributed by atoms with Gasteiger partial charge in [-0.25, -0.2) is 9.97 Å². The fourth-order valence-corrected chi connectivity index (χ4v) is 2.11. The van der Waals surface area contributed by atoms with Gasteiger partial charge in [0.1, 0.15) is 5.82 Å². The Morgan fingerprint density at radius 1 is 1.25 bits per heavy atom. The van der Waals surface area contributed by atoms with E-state index in [-0.39, 0.29) is 0 Å². The summed E-state index contributed by atoms with van der Waals surface area (Å²) >= 11 is 0. The first kappa shape index (κ1) is 11.5. The molecule has 3 nitrogen and oxygen atoms in total. The van der Waals surface area contributed by atoms with E-state index in [1.165, 1.54) is 17.0 Å². The van der Waals surface area contributed by atoms with Gasteiger partial charge in [0, 0.05) is 30.3 Å². The van der Waals surface area contributed by atoms with Crippen LogP contribution in [0.4, 0.5) is 0 Å². The molecule has 1 unspecified atom stereocenters. The van der Waals surface area contributed by atoms with Gasteiger partial charge in [-0.15, -0.1) is 0 Å². The average Bonchev–Trinajstić information content (AvgIpc) is 2.76. The molecular formula is C13H21N3. The predicted octanol–water partition coefficient (Wildman–Crippen LogP) is 2.55. The molecule has 0 radical (unpaired) electrons. The molecule has 0 fully saturated rings. The monoisotopic (exact) mass is 219 g/mol. The highest BCUT2D eigenvalue weighted by Gasteiger charge is 2.19. The molecule has 1 aliphatic rings. The van der Waals surface area contributed by atoms with Gasteiger partial charge in [0.15, 0.2) is 0 Å². The number of nitrogens with zero attached hydrogens (tertiary/aromatic N) is 2. The summed E-state index contributed by atoms with van der Waals surface area (Å²) in [5, 5.41) is 3.37. The van der Waals surface area contributed by atoms with Crippen molar-refractivity contribution < 1.29 is 0 Å². The Balaban J connectivity index is 2.39. The van der Waals surface area contributed by atoms with E-state index in [4.69, 9.17) is 9.97 Å². The molecule has 0 amide bonds. The van der Waals surface area contributed by atoms with E-state index in [2.05, 4.69) is 26.1 Å². The largest absolute Gasteiger partial charge is 0.307 e. The van der Waals surface area contributed by atoms with Crippen LogP contribution < -0.4 is 5.32 Å². The molecule has 1 aromatic rings. The molecule has 16 heavy (non-hydrogen) atoms. The average molecular weight is 219 g/mol. The van der Waals surface area contributed by atoms with Crippen molar-refractivity contribution >= 4 is 0 Å². The Hall–Kier alpha value is -0.960. The molecule has 0 aliphatic carbocycles. The molecular weight excluding hydrogens is 198 g/mol. The highest BCUT2D eigenvalue weighted by atomic mass is 15.0. The lowest BCUT2D eigenvalue weighted by molar-refractivity contribution is 0.660. The standard InChI is InChI=1S/C13H21N3/c1-4-6-11-10-7-14-8-12(10)16-13(15-11)9(3)5-2/h9,14H,4-8H2,1-3H3. The fourth-order valence-electron chi connectivity index (χ4n) is 2.11. The highest BCUT2D eigenvalue weighted by molar-refractivity contribution is 5.30. The highest BCUT2D eigenvalue weighted by Crippen LogP contribution is 2.22. The topological polar surface area (TPSA) is 37.8 Å². The van der Waals surface area contributed by atoms with Crippen molar-refractivity contribution in [3.05, 3.63) is 22.8 Å². The maximum atomic E-state index is 4.75. The van der Waals surface area contributed by atoms with Crippen LogP contribution in [0.2, 0.25) is 0 Å². The lowest BCUT2D eigenvalue weighted by Crippen LogP contribution is -2.08. The first-order valence-electron chi connectivity index (χ1n) is 6.35. The summed E-state index contributed by atoms with van der Waals surface area (Å²) in [4.78, 5) is 9.45. The molecule has 1 aromatic heterocycles. The van der Waals surface area contributed by atoms with Crippen LogP contribution in [0.25, 0.3) is 0 Å². The summed E-state index contributed by atoms with van der Waals surface area (Å²) in [7, 11) is 0. The smallest absolute Gasteiger partial charge is 0.131 e. The van der Waals surface area contributed by atoms with Crippen LogP contribution in [0.5, 0.6) is 0 Å². The molecule has 0 bridgehead atoms.